The van der Waals surface area contributed by atoms with Crippen LogP contribution in [0, 0.1) is 5.41 Å². The molecule has 1 atom stereocenters. The van der Waals surface area contributed by atoms with Gasteiger partial charge in [-0.2, -0.15) is 5.10 Å². The first-order chi connectivity index (χ1) is 7.01. The molecule has 0 amide bonds. The van der Waals surface area contributed by atoms with Crippen LogP contribution in [0.4, 0.5) is 0 Å². The predicted octanol–water partition coefficient (Wildman–Crippen LogP) is 1.72. The molecule has 0 radical (unpaired) electrons. The lowest BCUT2D eigenvalue weighted by molar-refractivity contribution is -0.145. The van der Waals surface area contributed by atoms with E-state index in [4.69, 9.17) is 5.11 Å². The summed E-state index contributed by atoms with van der Waals surface area (Å²) in [5, 5.41) is 13.2. The highest BCUT2D eigenvalue weighted by Gasteiger charge is 2.30. The molecule has 1 unspecified atom stereocenters. The normalized spacial score (nSPS) is 14.5. The van der Waals surface area contributed by atoms with Crippen molar-refractivity contribution in [3.8, 4) is 0 Å². The number of carboxylic acid groups (broad SMARTS) is 1. The molecular weight excluding hydrogens is 192 g/mol. The van der Waals surface area contributed by atoms with Gasteiger partial charge in [0.1, 0.15) is 0 Å². The summed E-state index contributed by atoms with van der Waals surface area (Å²) < 4.78 is 1.78. The minimum absolute atomic E-state index is 0.422. The number of aliphatic carboxylic acids is 1. The van der Waals surface area contributed by atoms with Crippen LogP contribution in [-0.2, 0) is 17.8 Å². The molecule has 0 aliphatic rings. The second kappa shape index (κ2) is 4.29. The predicted molar refractivity (Wildman–Crippen MR) is 57.5 cm³/mol. The molecule has 0 aliphatic carbocycles. The van der Waals surface area contributed by atoms with Crippen molar-refractivity contribution in [2.75, 3.05) is 0 Å². The van der Waals surface area contributed by atoms with E-state index >= 15 is 0 Å². The standard InChI is InChI=1S/C11H16N2O2/c1-4-11(3,10(14)15)6-9-7-12-13(5-2)8-9/h4,7-8H,1,5-6H2,2-3H3,(H,14,15). The van der Waals surface area contributed by atoms with Gasteiger partial charge in [-0.05, 0) is 25.8 Å². The fourth-order valence-corrected chi connectivity index (χ4v) is 1.33. The van der Waals surface area contributed by atoms with Crippen LogP contribution in [0.3, 0.4) is 0 Å². The molecule has 4 nitrogen and oxygen atoms in total. The van der Waals surface area contributed by atoms with Crippen molar-refractivity contribution in [3.63, 3.8) is 0 Å². The average Bonchev–Trinajstić information content (AvgIpc) is 2.65. The molecule has 1 aromatic rings. The lowest BCUT2D eigenvalue weighted by Crippen LogP contribution is -2.27. The van der Waals surface area contributed by atoms with Crippen LogP contribution in [-0.4, -0.2) is 20.9 Å². The fourth-order valence-electron chi connectivity index (χ4n) is 1.33. The number of rotatable bonds is 5. The van der Waals surface area contributed by atoms with Crippen LogP contribution in [0.1, 0.15) is 19.4 Å². The smallest absolute Gasteiger partial charge is 0.313 e. The van der Waals surface area contributed by atoms with E-state index in [9.17, 15) is 4.79 Å². The minimum atomic E-state index is -0.915. The van der Waals surface area contributed by atoms with Crippen LogP contribution < -0.4 is 0 Å². The Labute approximate surface area is 89.2 Å². The van der Waals surface area contributed by atoms with E-state index in [1.807, 2.05) is 13.1 Å². The molecule has 0 saturated carbocycles. The van der Waals surface area contributed by atoms with E-state index in [1.165, 1.54) is 6.08 Å². The van der Waals surface area contributed by atoms with Crippen molar-refractivity contribution < 1.29 is 9.90 Å². The van der Waals surface area contributed by atoms with Gasteiger partial charge in [0.15, 0.2) is 0 Å². The van der Waals surface area contributed by atoms with Crippen molar-refractivity contribution in [1.82, 2.24) is 9.78 Å². The summed E-state index contributed by atoms with van der Waals surface area (Å²) in [4.78, 5) is 11.0. The number of nitrogens with zero attached hydrogens (tertiary/aromatic N) is 2. The van der Waals surface area contributed by atoms with Gasteiger partial charge in [0.05, 0.1) is 11.6 Å². The maximum Gasteiger partial charge on any atom is 0.313 e. The molecular formula is C11H16N2O2. The Kier molecular flexibility index (Phi) is 3.29. The molecule has 0 aliphatic heterocycles. The Balaban J connectivity index is 2.83. The second-order valence-electron chi connectivity index (χ2n) is 3.81. The zero-order valence-corrected chi connectivity index (χ0v) is 9.10. The summed E-state index contributed by atoms with van der Waals surface area (Å²) >= 11 is 0. The number of aromatic nitrogens is 2. The molecule has 0 spiro atoms. The maximum atomic E-state index is 11.0. The SMILES string of the molecule is C=CC(C)(Cc1cnn(CC)c1)C(=O)O. The van der Waals surface area contributed by atoms with Crippen molar-refractivity contribution in [1.29, 1.82) is 0 Å². The van der Waals surface area contributed by atoms with Crippen LogP contribution >= 0.6 is 0 Å². The van der Waals surface area contributed by atoms with E-state index in [-0.39, 0.29) is 0 Å². The van der Waals surface area contributed by atoms with Crippen molar-refractivity contribution >= 4 is 5.97 Å². The third-order valence-electron chi connectivity index (χ3n) is 2.52. The Morgan fingerprint density at radius 1 is 1.80 bits per heavy atom. The molecule has 82 valence electrons. The molecule has 4 heteroatoms. The Hall–Kier alpha value is -1.58. The number of hydrogen-bond donors (Lipinski definition) is 1. The van der Waals surface area contributed by atoms with Gasteiger partial charge in [-0.1, -0.05) is 6.08 Å². The molecule has 0 aromatic carbocycles. The summed E-state index contributed by atoms with van der Waals surface area (Å²) in [6.45, 7) is 8.00. The van der Waals surface area contributed by atoms with E-state index in [2.05, 4.69) is 11.7 Å². The Morgan fingerprint density at radius 2 is 2.47 bits per heavy atom. The van der Waals surface area contributed by atoms with Crippen LogP contribution in [0.15, 0.2) is 25.0 Å². The highest BCUT2D eigenvalue weighted by molar-refractivity contribution is 5.76. The average molecular weight is 208 g/mol. The van der Waals surface area contributed by atoms with Crippen molar-refractivity contribution in [2.24, 2.45) is 5.41 Å². The molecule has 1 N–H and O–H groups in total. The molecule has 1 aromatic heterocycles. The van der Waals surface area contributed by atoms with E-state index in [1.54, 1.807) is 17.8 Å². The van der Waals surface area contributed by atoms with Gasteiger partial charge in [0.2, 0.25) is 0 Å². The molecule has 1 rings (SSSR count). The zero-order chi connectivity index (χ0) is 11.5. The topological polar surface area (TPSA) is 55.1 Å². The summed E-state index contributed by atoms with van der Waals surface area (Å²) in [5.41, 5.74) is 0.00312. The summed E-state index contributed by atoms with van der Waals surface area (Å²) in [5.74, 6) is -0.859. The Bertz CT molecular complexity index is 370. The molecule has 0 saturated heterocycles. The highest BCUT2D eigenvalue weighted by atomic mass is 16.4. The number of aryl methyl sites for hydroxylation is 1. The first-order valence-corrected chi connectivity index (χ1v) is 4.90. The van der Waals surface area contributed by atoms with E-state index < -0.39 is 11.4 Å². The maximum absolute atomic E-state index is 11.0. The van der Waals surface area contributed by atoms with Crippen LogP contribution in [0.5, 0.6) is 0 Å². The summed E-state index contributed by atoms with van der Waals surface area (Å²) in [7, 11) is 0. The minimum Gasteiger partial charge on any atom is -0.481 e. The quantitative estimate of drug-likeness (QED) is 0.749. The van der Waals surface area contributed by atoms with Crippen molar-refractivity contribution in [2.45, 2.75) is 26.8 Å². The number of hydrogen-bond acceptors (Lipinski definition) is 2. The molecule has 0 bridgehead atoms. The van der Waals surface area contributed by atoms with Crippen LogP contribution in [0.2, 0.25) is 0 Å². The first-order valence-electron chi connectivity index (χ1n) is 4.90. The van der Waals surface area contributed by atoms with Gasteiger partial charge in [-0.3, -0.25) is 9.48 Å². The monoisotopic (exact) mass is 208 g/mol. The highest BCUT2D eigenvalue weighted by Crippen LogP contribution is 2.23. The molecule has 0 fully saturated rings. The van der Waals surface area contributed by atoms with Gasteiger partial charge >= 0.3 is 5.97 Å². The second-order valence-corrected chi connectivity index (χ2v) is 3.81. The van der Waals surface area contributed by atoms with Gasteiger partial charge < -0.3 is 5.11 Å². The lowest BCUT2D eigenvalue weighted by atomic mass is 9.85. The third kappa shape index (κ3) is 2.46. The third-order valence-corrected chi connectivity index (χ3v) is 2.52. The van der Waals surface area contributed by atoms with Crippen LogP contribution in [0.25, 0.3) is 0 Å². The van der Waals surface area contributed by atoms with Gasteiger partial charge in [0.25, 0.3) is 0 Å². The fraction of sp³-hybridized carbons (Fsp3) is 0.455. The Morgan fingerprint density at radius 3 is 2.87 bits per heavy atom. The summed E-state index contributed by atoms with van der Waals surface area (Å²) in [6.07, 6.45) is 5.46. The molecule has 15 heavy (non-hydrogen) atoms. The van der Waals surface area contributed by atoms with Gasteiger partial charge in [-0.15, -0.1) is 6.58 Å². The lowest BCUT2D eigenvalue weighted by Gasteiger charge is -2.18. The number of carboxylic acids is 1. The largest absolute Gasteiger partial charge is 0.481 e. The van der Waals surface area contributed by atoms with E-state index in [0.717, 1.165) is 12.1 Å². The zero-order valence-electron chi connectivity index (χ0n) is 9.10. The summed E-state index contributed by atoms with van der Waals surface area (Å²) in [6, 6.07) is 0. The van der Waals surface area contributed by atoms with Gasteiger partial charge in [0, 0.05) is 12.7 Å². The van der Waals surface area contributed by atoms with E-state index in [0.29, 0.717) is 6.42 Å². The number of carbonyl (C=O) groups is 1. The van der Waals surface area contributed by atoms with Gasteiger partial charge in [-0.25, -0.2) is 0 Å². The van der Waals surface area contributed by atoms with Crippen molar-refractivity contribution in [3.05, 3.63) is 30.6 Å². The first kappa shape index (κ1) is 11.5. The molecule has 1 heterocycles.